The minimum absolute atomic E-state index is 0.138. The van der Waals surface area contributed by atoms with E-state index in [4.69, 9.17) is 0 Å². The maximum Gasteiger partial charge on any atom is 0.471 e. The molecule has 1 amide bonds. The summed E-state index contributed by atoms with van der Waals surface area (Å²) < 4.78 is 36.1. The Morgan fingerprint density at radius 3 is 2.94 bits per heavy atom. The summed E-state index contributed by atoms with van der Waals surface area (Å²) in [5.41, 5.74) is -0.138. The Balaban J connectivity index is 1.92. The molecule has 2 rings (SSSR count). The zero-order chi connectivity index (χ0) is 11.8. The topological polar surface area (TPSA) is 41.1 Å². The van der Waals surface area contributed by atoms with Gasteiger partial charge in [0.1, 0.15) is 0 Å². The Kier molecular flexibility index (Phi) is 2.86. The third-order valence-electron chi connectivity index (χ3n) is 3.82. The Labute approximate surface area is 91.8 Å². The predicted molar refractivity (Wildman–Crippen MR) is 51.7 cm³/mol. The lowest BCUT2D eigenvalue weighted by molar-refractivity contribution is -0.174. The van der Waals surface area contributed by atoms with E-state index in [0.717, 1.165) is 32.4 Å². The van der Waals surface area contributed by atoms with Crippen molar-refractivity contribution in [2.45, 2.75) is 25.4 Å². The molecule has 2 N–H and O–H groups in total. The number of hydrogen-bond acceptors (Lipinski definition) is 2. The monoisotopic (exact) mass is 236 g/mol. The highest BCUT2D eigenvalue weighted by molar-refractivity contribution is 5.81. The highest BCUT2D eigenvalue weighted by Crippen LogP contribution is 2.45. The van der Waals surface area contributed by atoms with Gasteiger partial charge in [0.2, 0.25) is 0 Å². The van der Waals surface area contributed by atoms with Gasteiger partial charge in [-0.1, -0.05) is 6.42 Å². The summed E-state index contributed by atoms with van der Waals surface area (Å²) in [5.74, 6) is -1.40. The van der Waals surface area contributed by atoms with Crippen molar-refractivity contribution in [1.29, 1.82) is 0 Å². The van der Waals surface area contributed by atoms with Gasteiger partial charge in [0, 0.05) is 18.5 Å². The van der Waals surface area contributed by atoms with Crippen molar-refractivity contribution in [3.8, 4) is 0 Å². The largest absolute Gasteiger partial charge is 0.471 e. The minimum atomic E-state index is -4.77. The van der Waals surface area contributed by atoms with Crippen LogP contribution < -0.4 is 10.6 Å². The lowest BCUT2D eigenvalue weighted by atomic mass is 9.80. The molecule has 0 aromatic rings. The average molecular weight is 236 g/mol. The van der Waals surface area contributed by atoms with Gasteiger partial charge in [0.25, 0.3) is 0 Å². The molecule has 2 atom stereocenters. The van der Waals surface area contributed by atoms with Crippen LogP contribution >= 0.6 is 0 Å². The number of carbonyl (C=O) groups excluding carboxylic acids is 1. The Bertz CT molecular complexity index is 280. The molecule has 16 heavy (non-hydrogen) atoms. The van der Waals surface area contributed by atoms with Gasteiger partial charge in [-0.25, -0.2) is 0 Å². The van der Waals surface area contributed by atoms with E-state index in [1.165, 1.54) is 0 Å². The fraction of sp³-hybridized carbons (Fsp3) is 0.900. The molecule has 0 bridgehead atoms. The first kappa shape index (κ1) is 11.7. The van der Waals surface area contributed by atoms with Gasteiger partial charge in [-0.15, -0.1) is 0 Å². The standard InChI is InChI=1S/C10H15F3N2O/c11-10(12,13)8(16)15-6-9-3-1-2-7(9)4-14-5-9/h7,14H,1-6H2,(H,15,16). The highest BCUT2D eigenvalue weighted by Gasteiger charge is 2.47. The van der Waals surface area contributed by atoms with Gasteiger partial charge in [-0.2, -0.15) is 13.2 Å². The quantitative estimate of drug-likeness (QED) is 0.752. The molecule has 0 radical (unpaired) electrons. The SMILES string of the molecule is O=C(NCC12CCCC1CNC2)C(F)(F)F. The lowest BCUT2D eigenvalue weighted by Crippen LogP contribution is -2.45. The van der Waals surface area contributed by atoms with Crippen LogP contribution in [0.5, 0.6) is 0 Å². The zero-order valence-electron chi connectivity index (χ0n) is 8.86. The summed E-state index contributed by atoms with van der Waals surface area (Å²) in [5, 5.41) is 5.22. The molecule has 92 valence electrons. The molecule has 2 unspecified atom stereocenters. The number of amides is 1. The van der Waals surface area contributed by atoms with Crippen molar-refractivity contribution in [3.63, 3.8) is 0 Å². The van der Waals surface area contributed by atoms with Gasteiger partial charge in [0.15, 0.2) is 0 Å². The van der Waals surface area contributed by atoms with Crippen molar-refractivity contribution in [1.82, 2.24) is 10.6 Å². The molecule has 0 spiro atoms. The van der Waals surface area contributed by atoms with Crippen molar-refractivity contribution >= 4 is 5.91 Å². The van der Waals surface area contributed by atoms with Crippen LogP contribution in [0.4, 0.5) is 13.2 Å². The molecule has 1 aliphatic heterocycles. The van der Waals surface area contributed by atoms with Crippen molar-refractivity contribution in [2.24, 2.45) is 11.3 Å². The summed E-state index contributed by atoms with van der Waals surface area (Å²) >= 11 is 0. The van der Waals surface area contributed by atoms with E-state index in [2.05, 4.69) is 5.32 Å². The summed E-state index contributed by atoms with van der Waals surface area (Å²) in [7, 11) is 0. The normalized spacial score (nSPS) is 33.8. The van der Waals surface area contributed by atoms with Crippen LogP contribution in [0.15, 0.2) is 0 Å². The summed E-state index contributed by atoms with van der Waals surface area (Å²) in [6.45, 7) is 1.72. The second-order valence-electron chi connectivity index (χ2n) is 4.76. The minimum Gasteiger partial charge on any atom is -0.348 e. The molecule has 6 heteroatoms. The highest BCUT2D eigenvalue weighted by atomic mass is 19.4. The molecule has 0 aromatic carbocycles. The molecule has 3 nitrogen and oxygen atoms in total. The van der Waals surface area contributed by atoms with Crippen LogP contribution in [-0.2, 0) is 4.79 Å². The Hall–Kier alpha value is -0.780. The van der Waals surface area contributed by atoms with Crippen molar-refractivity contribution < 1.29 is 18.0 Å². The Morgan fingerprint density at radius 2 is 2.25 bits per heavy atom. The van der Waals surface area contributed by atoms with Crippen LogP contribution in [0.1, 0.15) is 19.3 Å². The van der Waals surface area contributed by atoms with Gasteiger partial charge < -0.3 is 10.6 Å². The first-order valence-corrected chi connectivity index (χ1v) is 5.50. The van der Waals surface area contributed by atoms with E-state index >= 15 is 0 Å². The number of fused-ring (bicyclic) bond motifs is 1. The molecule has 1 saturated carbocycles. The van der Waals surface area contributed by atoms with Gasteiger partial charge in [0.05, 0.1) is 0 Å². The number of carbonyl (C=O) groups is 1. The molecule has 1 aliphatic carbocycles. The van der Waals surface area contributed by atoms with E-state index < -0.39 is 12.1 Å². The Morgan fingerprint density at radius 1 is 1.50 bits per heavy atom. The molecular weight excluding hydrogens is 221 g/mol. The summed E-state index contributed by atoms with van der Waals surface area (Å²) in [6.07, 6.45) is -1.76. The van der Waals surface area contributed by atoms with E-state index in [-0.39, 0.29) is 12.0 Å². The van der Waals surface area contributed by atoms with Crippen LogP contribution in [0.2, 0.25) is 0 Å². The smallest absolute Gasteiger partial charge is 0.348 e. The number of halogens is 3. The second kappa shape index (κ2) is 3.91. The number of hydrogen-bond donors (Lipinski definition) is 2. The maximum absolute atomic E-state index is 12.0. The van der Waals surface area contributed by atoms with Gasteiger partial charge in [-0.3, -0.25) is 4.79 Å². The first-order valence-electron chi connectivity index (χ1n) is 5.50. The van der Waals surface area contributed by atoms with Crippen LogP contribution in [0, 0.1) is 11.3 Å². The van der Waals surface area contributed by atoms with Crippen LogP contribution in [0.25, 0.3) is 0 Å². The lowest BCUT2D eigenvalue weighted by Gasteiger charge is -2.28. The molecule has 0 aromatic heterocycles. The van der Waals surface area contributed by atoms with E-state index in [1.54, 1.807) is 0 Å². The van der Waals surface area contributed by atoms with Crippen LogP contribution in [0.3, 0.4) is 0 Å². The fourth-order valence-corrected chi connectivity index (χ4v) is 2.91. The molecule has 2 fully saturated rings. The number of rotatable bonds is 2. The zero-order valence-corrected chi connectivity index (χ0v) is 8.86. The summed E-state index contributed by atoms with van der Waals surface area (Å²) in [6, 6.07) is 0. The number of nitrogens with one attached hydrogen (secondary N) is 2. The van der Waals surface area contributed by atoms with E-state index in [0.29, 0.717) is 5.92 Å². The van der Waals surface area contributed by atoms with Crippen molar-refractivity contribution in [3.05, 3.63) is 0 Å². The molecule has 1 saturated heterocycles. The van der Waals surface area contributed by atoms with E-state index in [9.17, 15) is 18.0 Å². The van der Waals surface area contributed by atoms with Crippen molar-refractivity contribution in [2.75, 3.05) is 19.6 Å². The average Bonchev–Trinajstić information content (AvgIpc) is 2.70. The molecule has 1 heterocycles. The predicted octanol–water partition coefficient (Wildman–Crippen LogP) is 1.05. The molecule has 2 aliphatic rings. The first-order chi connectivity index (χ1) is 7.44. The third-order valence-corrected chi connectivity index (χ3v) is 3.82. The molecular formula is C10H15F3N2O. The van der Waals surface area contributed by atoms with Gasteiger partial charge >= 0.3 is 12.1 Å². The summed E-state index contributed by atoms with van der Waals surface area (Å²) in [4.78, 5) is 10.8. The van der Waals surface area contributed by atoms with Gasteiger partial charge in [-0.05, 0) is 25.3 Å². The van der Waals surface area contributed by atoms with Crippen LogP contribution in [-0.4, -0.2) is 31.7 Å². The maximum atomic E-state index is 12.0. The third kappa shape index (κ3) is 2.03. The number of alkyl halides is 3. The second-order valence-corrected chi connectivity index (χ2v) is 4.76. The van der Waals surface area contributed by atoms with E-state index in [1.807, 2.05) is 5.32 Å². The fourth-order valence-electron chi connectivity index (χ4n) is 2.91.